The van der Waals surface area contributed by atoms with E-state index in [1.165, 1.54) is 10.7 Å². The molecule has 2 aromatic heterocycles. The number of piperidine rings is 1. The van der Waals surface area contributed by atoms with Crippen molar-refractivity contribution in [2.24, 2.45) is 0 Å². The fourth-order valence-corrected chi connectivity index (χ4v) is 5.32. The van der Waals surface area contributed by atoms with Gasteiger partial charge in [-0.2, -0.15) is 5.10 Å². The molecule has 0 unspecified atom stereocenters. The van der Waals surface area contributed by atoms with Crippen LogP contribution in [0.5, 0.6) is 0 Å². The highest BCUT2D eigenvalue weighted by molar-refractivity contribution is 5.96. The summed E-state index contributed by atoms with van der Waals surface area (Å²) in [6.45, 7) is 1.13. The van der Waals surface area contributed by atoms with E-state index in [0.29, 0.717) is 43.9 Å². The second-order valence-electron chi connectivity index (χ2n) is 9.41. The minimum absolute atomic E-state index is 0.0241. The van der Waals surface area contributed by atoms with Crippen LogP contribution in [0.15, 0.2) is 79.1 Å². The highest BCUT2D eigenvalue weighted by Gasteiger charge is 2.51. The molecule has 2 saturated heterocycles. The molecule has 2 aliphatic heterocycles. The normalized spacial score (nSPS) is 16.6. The van der Waals surface area contributed by atoms with Gasteiger partial charge in [-0.3, -0.25) is 14.6 Å². The first kappa shape index (κ1) is 23.8. The monoisotopic (exact) mass is 514 g/mol. The van der Waals surface area contributed by atoms with Crippen molar-refractivity contribution in [2.75, 3.05) is 24.7 Å². The van der Waals surface area contributed by atoms with Crippen LogP contribution in [-0.4, -0.2) is 56.8 Å². The van der Waals surface area contributed by atoms with E-state index in [9.17, 15) is 18.4 Å². The molecule has 2 aromatic carbocycles. The van der Waals surface area contributed by atoms with E-state index in [0.717, 1.165) is 17.8 Å². The lowest BCUT2D eigenvalue weighted by Gasteiger charge is -2.43. The van der Waals surface area contributed by atoms with Crippen molar-refractivity contribution in [2.45, 2.75) is 18.4 Å². The van der Waals surface area contributed by atoms with Crippen LogP contribution < -0.4 is 10.2 Å². The van der Waals surface area contributed by atoms with Crippen molar-refractivity contribution in [3.05, 3.63) is 96.5 Å². The summed E-state index contributed by atoms with van der Waals surface area (Å²) in [5, 5.41) is 7.40. The number of pyridine rings is 1. The number of nitrogens with one attached hydrogen (secondary N) is 1. The molecule has 0 bridgehead atoms. The molecule has 10 heteroatoms. The lowest BCUT2D eigenvalue weighted by molar-refractivity contribution is -0.124. The Morgan fingerprint density at radius 2 is 1.68 bits per heavy atom. The molecule has 1 spiro atoms. The lowest BCUT2D eigenvalue weighted by atomic mass is 9.85. The maximum absolute atomic E-state index is 14.7. The minimum atomic E-state index is -0.796. The van der Waals surface area contributed by atoms with Crippen molar-refractivity contribution in [3.63, 3.8) is 0 Å². The first-order chi connectivity index (χ1) is 18.5. The lowest BCUT2D eigenvalue weighted by Crippen LogP contribution is -2.57. The second-order valence-corrected chi connectivity index (χ2v) is 9.41. The van der Waals surface area contributed by atoms with E-state index < -0.39 is 17.2 Å². The highest BCUT2D eigenvalue weighted by atomic mass is 19.1. The standard InChI is InChI=1S/C28H24F2N6O2/c29-20-6-7-24(22(30)16-20)36-25(19-8-12-31-13-9-19)17-23(33-36)26(37)34-14-10-28(11-15-34)27(38)32-18-35(28)21-4-2-1-3-5-21/h1-9,12-13,16-17H,10-11,14-15,18H2,(H,32,38). The molecule has 38 heavy (non-hydrogen) atoms. The molecule has 8 nitrogen and oxygen atoms in total. The summed E-state index contributed by atoms with van der Waals surface area (Å²) in [5.74, 6) is -1.86. The second kappa shape index (κ2) is 9.37. The zero-order valence-electron chi connectivity index (χ0n) is 20.3. The SMILES string of the molecule is O=C(c1cc(-c2ccncc2)n(-c2ccc(F)cc2F)n1)N1CCC2(CC1)C(=O)NCN2c1ccccc1. The van der Waals surface area contributed by atoms with E-state index in [1.54, 1.807) is 35.5 Å². The number of nitrogens with zero attached hydrogens (tertiary/aromatic N) is 5. The Hall–Kier alpha value is -4.60. The van der Waals surface area contributed by atoms with Crippen molar-refractivity contribution < 1.29 is 18.4 Å². The van der Waals surface area contributed by atoms with E-state index >= 15 is 0 Å². The molecule has 1 N–H and O–H groups in total. The third-order valence-corrected chi connectivity index (χ3v) is 7.33. The fourth-order valence-electron chi connectivity index (χ4n) is 5.32. The van der Waals surface area contributed by atoms with Gasteiger partial charge in [-0.15, -0.1) is 0 Å². The zero-order valence-corrected chi connectivity index (χ0v) is 20.3. The maximum Gasteiger partial charge on any atom is 0.274 e. The Kier molecular flexibility index (Phi) is 5.86. The number of amides is 2. The molecule has 2 aliphatic rings. The van der Waals surface area contributed by atoms with Gasteiger partial charge in [0.25, 0.3) is 5.91 Å². The Bertz CT molecular complexity index is 1500. The Labute approximate surface area is 217 Å². The van der Waals surface area contributed by atoms with Crippen LogP contribution in [0.4, 0.5) is 14.5 Å². The van der Waals surface area contributed by atoms with Gasteiger partial charge in [0.1, 0.15) is 17.0 Å². The van der Waals surface area contributed by atoms with Crippen LogP contribution in [-0.2, 0) is 4.79 Å². The van der Waals surface area contributed by atoms with Gasteiger partial charge in [-0.1, -0.05) is 18.2 Å². The summed E-state index contributed by atoms with van der Waals surface area (Å²) < 4.78 is 29.6. The first-order valence-electron chi connectivity index (χ1n) is 12.3. The van der Waals surface area contributed by atoms with Gasteiger partial charge in [0, 0.05) is 42.8 Å². The number of hydrogen-bond donors (Lipinski definition) is 1. The maximum atomic E-state index is 14.7. The molecule has 2 amide bonds. The van der Waals surface area contributed by atoms with Crippen molar-refractivity contribution in [3.8, 4) is 16.9 Å². The van der Waals surface area contributed by atoms with Crippen LogP contribution in [0.1, 0.15) is 23.3 Å². The van der Waals surface area contributed by atoms with Gasteiger partial charge in [0.05, 0.1) is 12.4 Å². The molecule has 4 aromatic rings. The number of halogens is 2. The predicted octanol–water partition coefficient (Wildman–Crippen LogP) is 3.78. The number of carbonyl (C=O) groups is 2. The summed E-state index contributed by atoms with van der Waals surface area (Å²) in [7, 11) is 0. The molecular weight excluding hydrogens is 490 g/mol. The number of benzene rings is 2. The number of likely N-dealkylation sites (tertiary alicyclic amines) is 1. The third kappa shape index (κ3) is 3.98. The van der Waals surface area contributed by atoms with E-state index in [4.69, 9.17) is 0 Å². The van der Waals surface area contributed by atoms with Crippen LogP contribution in [0.25, 0.3) is 16.9 Å². The fraction of sp³-hybridized carbons (Fsp3) is 0.214. The summed E-state index contributed by atoms with van der Waals surface area (Å²) in [6, 6.07) is 18.0. The molecule has 0 atom stereocenters. The van der Waals surface area contributed by atoms with Gasteiger partial charge < -0.3 is 15.1 Å². The molecule has 192 valence electrons. The molecule has 0 aliphatic carbocycles. The summed E-state index contributed by atoms with van der Waals surface area (Å²) in [5.41, 5.74) is 1.53. The van der Waals surface area contributed by atoms with Crippen LogP contribution in [0, 0.1) is 11.6 Å². The van der Waals surface area contributed by atoms with Crippen LogP contribution in [0.3, 0.4) is 0 Å². The first-order valence-corrected chi connectivity index (χ1v) is 12.3. The zero-order chi connectivity index (χ0) is 26.3. The van der Waals surface area contributed by atoms with Crippen molar-refractivity contribution in [1.82, 2.24) is 25.0 Å². The molecule has 2 fully saturated rings. The molecule has 4 heterocycles. The third-order valence-electron chi connectivity index (χ3n) is 7.33. The quantitative estimate of drug-likeness (QED) is 0.448. The summed E-state index contributed by atoms with van der Waals surface area (Å²) in [6.07, 6.45) is 4.10. The number of carbonyl (C=O) groups excluding carboxylic acids is 2. The largest absolute Gasteiger partial charge is 0.339 e. The number of rotatable bonds is 4. The van der Waals surface area contributed by atoms with Gasteiger partial charge in [-0.25, -0.2) is 13.5 Å². The molecule has 6 rings (SSSR count). The molecule has 0 saturated carbocycles. The minimum Gasteiger partial charge on any atom is -0.339 e. The molecule has 0 radical (unpaired) electrons. The van der Waals surface area contributed by atoms with Gasteiger partial charge >= 0.3 is 0 Å². The van der Waals surface area contributed by atoms with Crippen LogP contribution in [0.2, 0.25) is 0 Å². The topological polar surface area (TPSA) is 83.4 Å². The average Bonchev–Trinajstić information content (AvgIpc) is 3.52. The van der Waals surface area contributed by atoms with Gasteiger partial charge in [0.2, 0.25) is 5.91 Å². The van der Waals surface area contributed by atoms with Crippen LogP contribution >= 0.6 is 0 Å². The Morgan fingerprint density at radius 3 is 2.39 bits per heavy atom. The smallest absolute Gasteiger partial charge is 0.274 e. The Morgan fingerprint density at radius 1 is 0.947 bits per heavy atom. The summed E-state index contributed by atoms with van der Waals surface area (Å²) >= 11 is 0. The number of hydrogen-bond acceptors (Lipinski definition) is 5. The van der Waals surface area contributed by atoms with E-state index in [1.807, 2.05) is 30.3 Å². The Balaban J connectivity index is 1.29. The predicted molar refractivity (Wildman–Crippen MR) is 137 cm³/mol. The number of aromatic nitrogens is 3. The van der Waals surface area contributed by atoms with Gasteiger partial charge in [-0.05, 0) is 55.3 Å². The van der Waals surface area contributed by atoms with E-state index in [2.05, 4.69) is 20.3 Å². The average molecular weight is 515 g/mol. The number of para-hydroxylation sites is 1. The molecular formula is C28H24F2N6O2. The van der Waals surface area contributed by atoms with Crippen molar-refractivity contribution in [1.29, 1.82) is 0 Å². The highest BCUT2D eigenvalue weighted by Crippen LogP contribution is 2.36. The number of anilines is 1. The van der Waals surface area contributed by atoms with E-state index in [-0.39, 0.29) is 23.2 Å². The van der Waals surface area contributed by atoms with Gasteiger partial charge in [0.15, 0.2) is 11.5 Å². The summed E-state index contributed by atoms with van der Waals surface area (Å²) in [4.78, 5) is 34.3. The van der Waals surface area contributed by atoms with Crippen molar-refractivity contribution >= 4 is 17.5 Å².